The minimum absolute atomic E-state index is 0.0264. The van der Waals surface area contributed by atoms with E-state index in [1.807, 2.05) is 6.08 Å². The molecule has 1 saturated heterocycles. The third kappa shape index (κ3) is 1.44. The standard InChI is InChI=1S/C10H14O4/c1-13-9-2-6(4-11)8-5-14-10(12)3-7(8)9/h2,7-9,11H,3-5H2,1H3/t7-,8-,9-/m1/s1. The molecule has 0 saturated carbocycles. The van der Waals surface area contributed by atoms with Gasteiger partial charge >= 0.3 is 5.97 Å². The van der Waals surface area contributed by atoms with E-state index >= 15 is 0 Å². The first kappa shape index (κ1) is 9.68. The van der Waals surface area contributed by atoms with Crippen LogP contribution < -0.4 is 0 Å². The molecule has 1 aliphatic carbocycles. The average Bonchev–Trinajstić information content (AvgIpc) is 2.55. The lowest BCUT2D eigenvalue weighted by molar-refractivity contribution is -0.153. The summed E-state index contributed by atoms with van der Waals surface area (Å²) < 4.78 is 10.2. The number of ether oxygens (including phenoxy) is 2. The first-order chi connectivity index (χ1) is 6.76. The van der Waals surface area contributed by atoms with E-state index in [0.717, 1.165) is 5.57 Å². The van der Waals surface area contributed by atoms with Crippen molar-refractivity contribution in [3.05, 3.63) is 11.6 Å². The van der Waals surface area contributed by atoms with Crippen LogP contribution in [0.15, 0.2) is 11.6 Å². The Morgan fingerprint density at radius 1 is 1.71 bits per heavy atom. The number of rotatable bonds is 2. The topological polar surface area (TPSA) is 55.8 Å². The van der Waals surface area contributed by atoms with Gasteiger partial charge in [0.05, 0.1) is 25.7 Å². The molecule has 3 atom stereocenters. The number of esters is 1. The predicted octanol–water partition coefficient (Wildman–Crippen LogP) is 0.113. The maximum absolute atomic E-state index is 11.1. The van der Waals surface area contributed by atoms with Crippen LogP contribution in [0.2, 0.25) is 0 Å². The summed E-state index contributed by atoms with van der Waals surface area (Å²) in [5.41, 5.74) is 0.939. The molecule has 0 spiro atoms. The van der Waals surface area contributed by atoms with Gasteiger partial charge in [0, 0.05) is 18.9 Å². The van der Waals surface area contributed by atoms with Gasteiger partial charge in [-0.05, 0) is 5.57 Å². The third-order valence-corrected chi connectivity index (χ3v) is 3.07. The van der Waals surface area contributed by atoms with Crippen LogP contribution in [0.25, 0.3) is 0 Å². The lowest BCUT2D eigenvalue weighted by atomic mass is 9.86. The van der Waals surface area contributed by atoms with E-state index in [9.17, 15) is 4.79 Å². The van der Waals surface area contributed by atoms with E-state index in [1.165, 1.54) is 0 Å². The molecule has 14 heavy (non-hydrogen) atoms. The van der Waals surface area contributed by atoms with E-state index in [0.29, 0.717) is 13.0 Å². The van der Waals surface area contributed by atoms with Crippen LogP contribution >= 0.6 is 0 Å². The number of hydrogen-bond donors (Lipinski definition) is 1. The minimum Gasteiger partial charge on any atom is -0.465 e. The average molecular weight is 198 g/mol. The van der Waals surface area contributed by atoms with Crippen molar-refractivity contribution in [2.75, 3.05) is 20.3 Å². The van der Waals surface area contributed by atoms with Crippen LogP contribution in [0.4, 0.5) is 0 Å². The Kier molecular flexibility index (Phi) is 2.56. The van der Waals surface area contributed by atoms with Crippen LogP contribution in [0.3, 0.4) is 0 Å². The van der Waals surface area contributed by atoms with Gasteiger partial charge in [0.1, 0.15) is 0 Å². The number of aliphatic hydroxyl groups excluding tert-OH is 1. The molecule has 1 N–H and O–H groups in total. The summed E-state index contributed by atoms with van der Waals surface area (Å²) in [4.78, 5) is 11.1. The Labute approximate surface area is 82.5 Å². The van der Waals surface area contributed by atoms with Crippen molar-refractivity contribution in [1.29, 1.82) is 0 Å². The second-order valence-electron chi connectivity index (χ2n) is 3.76. The Balaban J connectivity index is 2.16. The zero-order chi connectivity index (χ0) is 10.1. The Bertz CT molecular complexity index is 271. The summed E-state index contributed by atoms with van der Waals surface area (Å²) in [5, 5.41) is 9.12. The molecular weight excluding hydrogens is 184 g/mol. The van der Waals surface area contributed by atoms with E-state index in [2.05, 4.69) is 0 Å². The van der Waals surface area contributed by atoms with E-state index in [-0.39, 0.29) is 30.5 Å². The molecule has 1 fully saturated rings. The van der Waals surface area contributed by atoms with Gasteiger partial charge in [0.15, 0.2) is 0 Å². The van der Waals surface area contributed by atoms with Gasteiger partial charge in [-0.25, -0.2) is 0 Å². The molecular formula is C10H14O4. The predicted molar refractivity (Wildman–Crippen MR) is 48.5 cm³/mol. The van der Waals surface area contributed by atoms with Crippen LogP contribution in [0.1, 0.15) is 6.42 Å². The van der Waals surface area contributed by atoms with Gasteiger partial charge in [-0.2, -0.15) is 0 Å². The summed E-state index contributed by atoms with van der Waals surface area (Å²) >= 11 is 0. The summed E-state index contributed by atoms with van der Waals surface area (Å²) in [7, 11) is 1.62. The fourth-order valence-electron chi connectivity index (χ4n) is 2.30. The van der Waals surface area contributed by atoms with Gasteiger partial charge in [0.2, 0.25) is 0 Å². The van der Waals surface area contributed by atoms with Crippen LogP contribution in [0, 0.1) is 11.8 Å². The van der Waals surface area contributed by atoms with Gasteiger partial charge in [-0.3, -0.25) is 4.79 Å². The highest BCUT2D eigenvalue weighted by molar-refractivity contribution is 5.71. The highest BCUT2D eigenvalue weighted by atomic mass is 16.5. The first-order valence-corrected chi connectivity index (χ1v) is 4.76. The molecule has 2 aliphatic rings. The molecule has 0 aromatic carbocycles. The quantitative estimate of drug-likeness (QED) is 0.505. The highest BCUT2D eigenvalue weighted by Gasteiger charge is 2.42. The maximum atomic E-state index is 11.1. The number of carbonyl (C=O) groups excluding carboxylic acids is 1. The van der Waals surface area contributed by atoms with E-state index in [1.54, 1.807) is 7.11 Å². The summed E-state index contributed by atoms with van der Waals surface area (Å²) in [6.45, 7) is 0.411. The number of aliphatic hydroxyl groups is 1. The molecule has 2 rings (SSSR count). The van der Waals surface area contributed by atoms with Crippen LogP contribution in [-0.2, 0) is 14.3 Å². The van der Waals surface area contributed by atoms with Crippen molar-refractivity contribution in [3.8, 4) is 0 Å². The first-order valence-electron chi connectivity index (χ1n) is 4.76. The SMILES string of the molecule is CO[C@@H]1C=C(CO)[C@H]2COC(=O)C[C@H]21. The molecule has 78 valence electrons. The fraction of sp³-hybridized carbons (Fsp3) is 0.700. The zero-order valence-electron chi connectivity index (χ0n) is 8.10. The maximum Gasteiger partial charge on any atom is 0.306 e. The zero-order valence-corrected chi connectivity index (χ0v) is 8.10. The minimum atomic E-state index is -0.166. The Morgan fingerprint density at radius 2 is 2.50 bits per heavy atom. The molecule has 0 radical (unpaired) electrons. The van der Waals surface area contributed by atoms with Gasteiger partial charge in [-0.1, -0.05) is 6.08 Å². The highest BCUT2D eigenvalue weighted by Crippen LogP contribution is 2.38. The molecule has 0 amide bonds. The smallest absolute Gasteiger partial charge is 0.306 e. The second kappa shape index (κ2) is 3.71. The van der Waals surface area contributed by atoms with Gasteiger partial charge < -0.3 is 14.6 Å². The van der Waals surface area contributed by atoms with E-state index < -0.39 is 0 Å². The van der Waals surface area contributed by atoms with Crippen molar-refractivity contribution < 1.29 is 19.4 Å². The van der Waals surface area contributed by atoms with Crippen LogP contribution in [0.5, 0.6) is 0 Å². The van der Waals surface area contributed by atoms with Gasteiger partial charge in [0.25, 0.3) is 0 Å². The fourth-order valence-corrected chi connectivity index (χ4v) is 2.30. The van der Waals surface area contributed by atoms with Crippen molar-refractivity contribution in [2.24, 2.45) is 11.8 Å². The molecule has 0 bridgehead atoms. The van der Waals surface area contributed by atoms with Crippen molar-refractivity contribution >= 4 is 5.97 Å². The number of fused-ring (bicyclic) bond motifs is 1. The lowest BCUT2D eigenvalue weighted by Gasteiger charge is -2.29. The molecule has 1 aliphatic heterocycles. The molecule has 4 nitrogen and oxygen atoms in total. The van der Waals surface area contributed by atoms with Crippen molar-refractivity contribution in [3.63, 3.8) is 0 Å². The molecule has 0 unspecified atom stereocenters. The number of methoxy groups -OCH3 is 1. The molecule has 1 heterocycles. The third-order valence-electron chi connectivity index (χ3n) is 3.07. The largest absolute Gasteiger partial charge is 0.465 e. The normalized spacial score (nSPS) is 36.3. The summed E-state index contributed by atoms with van der Waals surface area (Å²) in [6, 6.07) is 0. The second-order valence-corrected chi connectivity index (χ2v) is 3.76. The number of cyclic esters (lactones) is 1. The van der Waals surface area contributed by atoms with E-state index in [4.69, 9.17) is 14.6 Å². The lowest BCUT2D eigenvalue weighted by Crippen LogP contribution is -2.34. The van der Waals surface area contributed by atoms with Crippen molar-refractivity contribution in [2.45, 2.75) is 12.5 Å². The number of hydrogen-bond acceptors (Lipinski definition) is 4. The van der Waals surface area contributed by atoms with Crippen LogP contribution in [-0.4, -0.2) is 37.5 Å². The monoisotopic (exact) mass is 198 g/mol. The van der Waals surface area contributed by atoms with Crippen molar-refractivity contribution in [1.82, 2.24) is 0 Å². The Morgan fingerprint density at radius 3 is 3.14 bits per heavy atom. The molecule has 0 aromatic heterocycles. The summed E-state index contributed by atoms with van der Waals surface area (Å²) in [6.07, 6.45) is 2.26. The summed E-state index contributed by atoms with van der Waals surface area (Å²) in [5.74, 6) is 0.145. The van der Waals surface area contributed by atoms with Gasteiger partial charge in [-0.15, -0.1) is 0 Å². The number of carbonyl (C=O) groups is 1. The Hall–Kier alpha value is -0.870. The molecule has 0 aromatic rings. The molecule has 4 heteroatoms.